The molecule has 17 heavy (non-hydrogen) atoms. The van der Waals surface area contributed by atoms with Crippen LogP contribution in [0.2, 0.25) is 5.02 Å². The van der Waals surface area contributed by atoms with Gasteiger partial charge in [0.2, 0.25) is 0 Å². The lowest BCUT2D eigenvalue weighted by Crippen LogP contribution is -2.32. The fourth-order valence-electron chi connectivity index (χ4n) is 1.62. The van der Waals surface area contributed by atoms with E-state index < -0.39 is 12.0 Å². The fraction of sp³-hybridized carbons (Fsp3) is 0.364. The van der Waals surface area contributed by atoms with Gasteiger partial charge < -0.3 is 20.3 Å². The number of benzene rings is 1. The number of carboxylic acid groups (broad SMARTS) is 1. The highest BCUT2D eigenvalue weighted by molar-refractivity contribution is 6.32. The summed E-state index contributed by atoms with van der Waals surface area (Å²) in [5, 5.41) is 9.15. The van der Waals surface area contributed by atoms with Gasteiger partial charge in [0.05, 0.1) is 5.02 Å². The lowest BCUT2D eigenvalue weighted by atomic mass is 10.1. The summed E-state index contributed by atoms with van der Waals surface area (Å²) >= 11 is 6.02. The maximum absolute atomic E-state index is 10.7. The predicted octanol–water partition coefficient (Wildman–Crippen LogP) is 1.07. The third-order valence-electron chi connectivity index (χ3n) is 2.43. The molecule has 0 aromatic heterocycles. The quantitative estimate of drug-likeness (QED) is 0.846. The average molecular weight is 258 g/mol. The maximum Gasteiger partial charge on any atom is 0.320 e. The number of aliphatic carboxylic acids is 1. The molecule has 0 fully saturated rings. The van der Waals surface area contributed by atoms with Crippen LogP contribution in [0.15, 0.2) is 12.1 Å². The van der Waals surface area contributed by atoms with Gasteiger partial charge in [0, 0.05) is 0 Å². The van der Waals surface area contributed by atoms with Crippen LogP contribution in [-0.2, 0) is 11.2 Å². The standard InChI is InChI=1S/C11H12ClNO4/c12-7-3-6(4-8(13)11(14)15)5-9-10(7)17-2-1-16-9/h3,5,8H,1-2,4,13H2,(H,14,15)/t8-/m0/s1. The number of carboxylic acids is 1. The van der Waals surface area contributed by atoms with Crippen LogP contribution in [0.3, 0.4) is 0 Å². The first-order valence-corrected chi connectivity index (χ1v) is 5.52. The van der Waals surface area contributed by atoms with Gasteiger partial charge in [0.1, 0.15) is 19.3 Å². The molecule has 1 aliphatic rings. The van der Waals surface area contributed by atoms with Crippen molar-refractivity contribution in [2.45, 2.75) is 12.5 Å². The van der Waals surface area contributed by atoms with Crippen LogP contribution in [0, 0.1) is 0 Å². The van der Waals surface area contributed by atoms with Crippen LogP contribution in [0.4, 0.5) is 0 Å². The summed E-state index contributed by atoms with van der Waals surface area (Å²) in [6.07, 6.45) is 0.200. The smallest absolute Gasteiger partial charge is 0.320 e. The number of ether oxygens (including phenoxy) is 2. The summed E-state index contributed by atoms with van der Waals surface area (Å²) in [6, 6.07) is 2.41. The normalized spacial score (nSPS) is 15.4. The van der Waals surface area contributed by atoms with E-state index in [-0.39, 0.29) is 6.42 Å². The minimum Gasteiger partial charge on any atom is -0.486 e. The van der Waals surface area contributed by atoms with Crippen molar-refractivity contribution < 1.29 is 19.4 Å². The Morgan fingerprint density at radius 2 is 2.18 bits per heavy atom. The number of nitrogens with two attached hydrogens (primary N) is 1. The molecule has 1 aromatic rings. The van der Waals surface area contributed by atoms with Gasteiger partial charge >= 0.3 is 5.97 Å². The van der Waals surface area contributed by atoms with Gasteiger partial charge in [-0.3, -0.25) is 4.79 Å². The minimum atomic E-state index is -1.05. The number of rotatable bonds is 3. The summed E-state index contributed by atoms with van der Waals surface area (Å²) in [7, 11) is 0. The van der Waals surface area contributed by atoms with Crippen LogP contribution in [0.25, 0.3) is 0 Å². The van der Waals surface area contributed by atoms with Gasteiger partial charge in [-0.1, -0.05) is 11.6 Å². The van der Waals surface area contributed by atoms with E-state index in [2.05, 4.69) is 0 Å². The molecule has 0 spiro atoms. The van der Waals surface area contributed by atoms with E-state index in [0.29, 0.717) is 35.3 Å². The highest BCUT2D eigenvalue weighted by atomic mass is 35.5. The van der Waals surface area contributed by atoms with Crippen LogP contribution < -0.4 is 15.2 Å². The molecule has 0 bridgehead atoms. The van der Waals surface area contributed by atoms with E-state index in [0.717, 1.165) is 0 Å². The topological polar surface area (TPSA) is 81.8 Å². The van der Waals surface area contributed by atoms with E-state index in [9.17, 15) is 4.79 Å². The van der Waals surface area contributed by atoms with Crippen LogP contribution in [0.1, 0.15) is 5.56 Å². The molecule has 0 amide bonds. The number of halogens is 1. The number of carbonyl (C=O) groups is 1. The van der Waals surface area contributed by atoms with Gasteiger partial charge in [-0.05, 0) is 24.1 Å². The molecule has 3 N–H and O–H groups in total. The molecule has 1 heterocycles. The Hall–Kier alpha value is -1.46. The van der Waals surface area contributed by atoms with E-state index in [4.69, 9.17) is 31.9 Å². The van der Waals surface area contributed by atoms with Crippen molar-refractivity contribution in [2.75, 3.05) is 13.2 Å². The molecule has 6 heteroatoms. The molecule has 1 atom stereocenters. The molecule has 0 saturated heterocycles. The van der Waals surface area contributed by atoms with Gasteiger partial charge in [0.15, 0.2) is 11.5 Å². The summed E-state index contributed by atoms with van der Waals surface area (Å²) in [5.74, 6) is -0.00193. The molecule has 1 aliphatic heterocycles. The fourth-order valence-corrected chi connectivity index (χ4v) is 1.91. The van der Waals surface area contributed by atoms with E-state index >= 15 is 0 Å². The highest BCUT2D eigenvalue weighted by Crippen LogP contribution is 2.38. The zero-order chi connectivity index (χ0) is 12.4. The SMILES string of the molecule is N[C@@H](Cc1cc(Cl)c2c(c1)OCCO2)C(=O)O. The highest BCUT2D eigenvalue weighted by Gasteiger charge is 2.19. The Balaban J connectivity index is 2.25. The van der Waals surface area contributed by atoms with E-state index in [1.54, 1.807) is 12.1 Å². The zero-order valence-electron chi connectivity index (χ0n) is 8.98. The zero-order valence-corrected chi connectivity index (χ0v) is 9.74. The van der Waals surface area contributed by atoms with Crippen molar-refractivity contribution >= 4 is 17.6 Å². The minimum absolute atomic E-state index is 0.200. The molecular formula is C11H12ClNO4. The van der Waals surface area contributed by atoms with Gasteiger partial charge in [-0.2, -0.15) is 0 Å². The maximum atomic E-state index is 10.7. The summed E-state index contributed by atoms with van der Waals surface area (Å²) in [4.78, 5) is 10.7. The second-order valence-corrected chi connectivity index (χ2v) is 4.16. The molecule has 2 rings (SSSR count). The van der Waals surface area contributed by atoms with Gasteiger partial charge in [0.25, 0.3) is 0 Å². The first-order chi connectivity index (χ1) is 8.08. The molecular weight excluding hydrogens is 246 g/mol. The van der Waals surface area contributed by atoms with Crippen LogP contribution >= 0.6 is 11.6 Å². The second kappa shape index (κ2) is 4.81. The van der Waals surface area contributed by atoms with Crippen LogP contribution in [0.5, 0.6) is 11.5 Å². The molecule has 0 unspecified atom stereocenters. The molecule has 5 nitrogen and oxygen atoms in total. The van der Waals surface area contributed by atoms with Crippen molar-refractivity contribution in [1.29, 1.82) is 0 Å². The van der Waals surface area contributed by atoms with E-state index in [1.807, 2.05) is 0 Å². The van der Waals surface area contributed by atoms with Crippen molar-refractivity contribution in [3.63, 3.8) is 0 Å². The van der Waals surface area contributed by atoms with Crippen LogP contribution in [-0.4, -0.2) is 30.3 Å². The summed E-state index contributed by atoms with van der Waals surface area (Å²) < 4.78 is 10.7. The summed E-state index contributed by atoms with van der Waals surface area (Å²) in [6.45, 7) is 0.915. The van der Waals surface area contributed by atoms with Crippen molar-refractivity contribution in [3.8, 4) is 11.5 Å². The molecule has 0 saturated carbocycles. The molecule has 1 aromatic carbocycles. The Morgan fingerprint density at radius 3 is 2.88 bits per heavy atom. The summed E-state index contributed by atoms with van der Waals surface area (Å²) in [5.41, 5.74) is 6.18. The Bertz CT molecular complexity index is 449. The first-order valence-electron chi connectivity index (χ1n) is 5.14. The Labute approximate surface area is 103 Å². The lowest BCUT2D eigenvalue weighted by molar-refractivity contribution is -0.138. The van der Waals surface area contributed by atoms with Crippen molar-refractivity contribution in [1.82, 2.24) is 0 Å². The Kier molecular flexibility index (Phi) is 3.40. The molecule has 0 aliphatic carbocycles. The van der Waals surface area contributed by atoms with Gasteiger partial charge in [-0.25, -0.2) is 0 Å². The largest absolute Gasteiger partial charge is 0.486 e. The van der Waals surface area contributed by atoms with Gasteiger partial charge in [-0.15, -0.1) is 0 Å². The van der Waals surface area contributed by atoms with Crippen molar-refractivity contribution in [3.05, 3.63) is 22.7 Å². The molecule has 0 radical (unpaired) electrons. The lowest BCUT2D eigenvalue weighted by Gasteiger charge is -2.20. The average Bonchev–Trinajstić information content (AvgIpc) is 2.29. The van der Waals surface area contributed by atoms with E-state index in [1.165, 1.54) is 0 Å². The Morgan fingerprint density at radius 1 is 1.47 bits per heavy atom. The third kappa shape index (κ3) is 2.62. The monoisotopic (exact) mass is 257 g/mol. The third-order valence-corrected chi connectivity index (χ3v) is 2.71. The number of hydrogen-bond acceptors (Lipinski definition) is 4. The predicted molar refractivity (Wildman–Crippen MR) is 61.8 cm³/mol. The first kappa shape index (κ1) is 12.0. The van der Waals surface area contributed by atoms with Crippen molar-refractivity contribution in [2.24, 2.45) is 5.73 Å². The second-order valence-electron chi connectivity index (χ2n) is 3.75. The number of hydrogen-bond donors (Lipinski definition) is 2. The molecule has 92 valence electrons. The number of fused-ring (bicyclic) bond motifs is 1.